The summed E-state index contributed by atoms with van der Waals surface area (Å²) in [7, 11) is 0. The van der Waals surface area contributed by atoms with E-state index in [4.69, 9.17) is 0 Å². The third-order valence-corrected chi connectivity index (χ3v) is 5.38. The Bertz CT molecular complexity index is 982. The van der Waals surface area contributed by atoms with Gasteiger partial charge in [0.05, 0.1) is 18.4 Å². The predicted molar refractivity (Wildman–Crippen MR) is 107 cm³/mol. The molecule has 4 rings (SSSR count). The Balaban J connectivity index is 1.47. The molecule has 1 aliphatic carbocycles. The Kier molecular flexibility index (Phi) is 4.72. The van der Waals surface area contributed by atoms with E-state index in [9.17, 15) is 4.79 Å². The molecule has 2 heterocycles. The molecular weight excluding hydrogens is 338 g/mol. The number of carbonyl (C=O) groups excluding carboxylic acids is 1. The van der Waals surface area contributed by atoms with Crippen molar-refractivity contribution in [3.63, 3.8) is 0 Å². The van der Waals surface area contributed by atoms with Gasteiger partial charge in [-0.15, -0.1) is 0 Å². The van der Waals surface area contributed by atoms with Crippen LogP contribution in [-0.2, 0) is 24.2 Å². The lowest BCUT2D eigenvalue weighted by Gasteiger charge is -2.19. The molecule has 0 radical (unpaired) electrons. The smallest absolute Gasteiger partial charge is 0.226 e. The summed E-state index contributed by atoms with van der Waals surface area (Å²) in [5.74, 6) is 0.0338. The maximum atomic E-state index is 12.6. The molecule has 0 aliphatic heterocycles. The van der Waals surface area contributed by atoms with Crippen LogP contribution in [0.1, 0.15) is 56.0 Å². The first-order valence-electron chi connectivity index (χ1n) is 9.86. The van der Waals surface area contributed by atoms with Crippen LogP contribution in [-0.4, -0.2) is 25.5 Å². The van der Waals surface area contributed by atoms with Crippen molar-refractivity contribution in [2.24, 2.45) is 0 Å². The van der Waals surface area contributed by atoms with Gasteiger partial charge in [-0.05, 0) is 63.6 Å². The van der Waals surface area contributed by atoms with Crippen molar-refractivity contribution in [3.8, 4) is 0 Å². The average molecular weight is 365 g/mol. The largest absolute Gasteiger partial charge is 0.326 e. The van der Waals surface area contributed by atoms with Gasteiger partial charge in [-0.25, -0.2) is 0 Å². The van der Waals surface area contributed by atoms with Crippen LogP contribution in [0, 0.1) is 6.92 Å². The Morgan fingerprint density at radius 2 is 2.07 bits per heavy atom. The summed E-state index contributed by atoms with van der Waals surface area (Å²) in [4.78, 5) is 12.6. The summed E-state index contributed by atoms with van der Waals surface area (Å²) in [6.45, 7) is 6.76. The van der Waals surface area contributed by atoms with Crippen molar-refractivity contribution >= 4 is 22.6 Å². The van der Waals surface area contributed by atoms with Gasteiger partial charge >= 0.3 is 0 Å². The summed E-state index contributed by atoms with van der Waals surface area (Å²) < 4.78 is 3.89. The van der Waals surface area contributed by atoms with Gasteiger partial charge in [-0.3, -0.25) is 14.2 Å². The number of hydrogen-bond acceptors (Lipinski definition) is 3. The zero-order valence-corrected chi connectivity index (χ0v) is 16.3. The van der Waals surface area contributed by atoms with E-state index in [1.165, 1.54) is 24.0 Å². The summed E-state index contributed by atoms with van der Waals surface area (Å²) in [5.41, 5.74) is 6.67. The monoisotopic (exact) mass is 365 g/mol. The van der Waals surface area contributed by atoms with Crippen LogP contribution in [0.25, 0.3) is 11.0 Å². The summed E-state index contributed by atoms with van der Waals surface area (Å²) in [6.07, 6.45) is 6.85. The minimum Gasteiger partial charge on any atom is -0.326 e. The van der Waals surface area contributed by atoms with E-state index in [2.05, 4.69) is 35.4 Å². The van der Waals surface area contributed by atoms with Gasteiger partial charge in [0.15, 0.2) is 0 Å². The van der Waals surface area contributed by atoms with Crippen molar-refractivity contribution in [1.82, 2.24) is 19.6 Å². The van der Waals surface area contributed by atoms with E-state index in [1.807, 2.05) is 34.6 Å². The number of hydrogen-bond donors (Lipinski definition) is 1. The maximum Gasteiger partial charge on any atom is 0.226 e. The molecule has 27 heavy (non-hydrogen) atoms. The first-order valence-corrected chi connectivity index (χ1v) is 9.86. The van der Waals surface area contributed by atoms with Gasteiger partial charge in [0.2, 0.25) is 5.91 Å². The normalized spacial score (nSPS) is 13.9. The fraction of sp³-hybridized carbons (Fsp3) is 0.476. The summed E-state index contributed by atoms with van der Waals surface area (Å²) in [6, 6.07) is 6.53. The Hall–Kier alpha value is -2.63. The van der Waals surface area contributed by atoms with E-state index in [0.717, 1.165) is 35.3 Å². The number of rotatable bonds is 5. The molecule has 2 aromatic heterocycles. The molecule has 142 valence electrons. The van der Waals surface area contributed by atoms with Gasteiger partial charge in [-0.2, -0.15) is 10.2 Å². The van der Waals surface area contributed by atoms with Crippen molar-refractivity contribution in [3.05, 3.63) is 41.2 Å². The Morgan fingerprint density at radius 1 is 1.26 bits per heavy atom. The van der Waals surface area contributed by atoms with E-state index in [0.29, 0.717) is 13.0 Å². The second kappa shape index (κ2) is 7.18. The maximum absolute atomic E-state index is 12.6. The number of nitrogens with zero attached hydrogens (tertiary/aromatic N) is 4. The highest BCUT2D eigenvalue weighted by Gasteiger charge is 2.17. The van der Waals surface area contributed by atoms with E-state index in [-0.39, 0.29) is 11.9 Å². The standard InChI is InChI=1S/C21H27N5O/c1-14(2)26-19-13-22-25(21(19)15(3)24-26)12-11-20(27)23-18-10-6-8-16-7-4-5-9-17(16)18/h6,8,10,13-14H,4-5,7,9,11-12H2,1-3H3,(H,23,27). The lowest BCUT2D eigenvalue weighted by Crippen LogP contribution is -2.17. The van der Waals surface area contributed by atoms with Crippen LogP contribution in [0.5, 0.6) is 0 Å². The number of benzene rings is 1. The average Bonchev–Trinajstić information content (AvgIpc) is 3.22. The number of amides is 1. The highest BCUT2D eigenvalue weighted by molar-refractivity contribution is 5.91. The third kappa shape index (κ3) is 3.36. The first-order chi connectivity index (χ1) is 13.0. The molecule has 0 fully saturated rings. The molecule has 0 atom stereocenters. The number of aromatic nitrogens is 4. The lowest BCUT2D eigenvalue weighted by atomic mass is 9.90. The quantitative estimate of drug-likeness (QED) is 0.742. The van der Waals surface area contributed by atoms with E-state index < -0.39 is 0 Å². The highest BCUT2D eigenvalue weighted by Crippen LogP contribution is 2.28. The molecule has 1 N–H and O–H groups in total. The fourth-order valence-corrected chi connectivity index (χ4v) is 4.06. The zero-order valence-electron chi connectivity index (χ0n) is 16.3. The number of carbonyl (C=O) groups is 1. The van der Waals surface area contributed by atoms with Crippen molar-refractivity contribution in [2.45, 2.75) is 65.5 Å². The molecule has 6 nitrogen and oxygen atoms in total. The second-order valence-electron chi connectivity index (χ2n) is 7.67. The zero-order chi connectivity index (χ0) is 19.0. The molecule has 6 heteroatoms. The van der Waals surface area contributed by atoms with Crippen LogP contribution < -0.4 is 5.32 Å². The molecule has 0 saturated carbocycles. The first kappa shape index (κ1) is 17.8. The molecule has 1 amide bonds. The fourth-order valence-electron chi connectivity index (χ4n) is 4.06. The molecule has 1 aliphatic rings. The minimum atomic E-state index is 0.0338. The van der Waals surface area contributed by atoms with E-state index in [1.54, 1.807) is 0 Å². The lowest BCUT2D eigenvalue weighted by molar-refractivity contribution is -0.116. The van der Waals surface area contributed by atoms with Crippen LogP contribution in [0.15, 0.2) is 24.4 Å². The van der Waals surface area contributed by atoms with Crippen molar-refractivity contribution < 1.29 is 4.79 Å². The van der Waals surface area contributed by atoms with Crippen LogP contribution >= 0.6 is 0 Å². The Morgan fingerprint density at radius 3 is 2.89 bits per heavy atom. The topological polar surface area (TPSA) is 64.7 Å². The van der Waals surface area contributed by atoms with Gasteiger partial charge in [0, 0.05) is 18.2 Å². The number of nitrogens with one attached hydrogen (secondary N) is 1. The molecule has 0 spiro atoms. The molecule has 0 bridgehead atoms. The van der Waals surface area contributed by atoms with Crippen LogP contribution in [0.4, 0.5) is 5.69 Å². The highest BCUT2D eigenvalue weighted by atomic mass is 16.1. The Labute approximate surface area is 159 Å². The second-order valence-corrected chi connectivity index (χ2v) is 7.67. The van der Waals surface area contributed by atoms with Gasteiger partial charge in [-0.1, -0.05) is 12.1 Å². The predicted octanol–water partition coefficient (Wildman–Crippen LogP) is 4.03. The molecule has 0 unspecified atom stereocenters. The van der Waals surface area contributed by atoms with E-state index >= 15 is 0 Å². The van der Waals surface area contributed by atoms with Crippen molar-refractivity contribution in [1.29, 1.82) is 0 Å². The van der Waals surface area contributed by atoms with Gasteiger partial charge < -0.3 is 5.32 Å². The van der Waals surface area contributed by atoms with Gasteiger partial charge in [0.1, 0.15) is 11.0 Å². The van der Waals surface area contributed by atoms with Gasteiger partial charge in [0.25, 0.3) is 0 Å². The summed E-state index contributed by atoms with van der Waals surface area (Å²) in [5, 5.41) is 12.2. The van der Waals surface area contributed by atoms with Crippen LogP contribution in [0.3, 0.4) is 0 Å². The SMILES string of the molecule is Cc1nn(C(C)C)c2cnn(CCC(=O)Nc3cccc4c3CCCC4)c12. The minimum absolute atomic E-state index is 0.0338. The number of aryl methyl sites for hydroxylation is 3. The number of anilines is 1. The van der Waals surface area contributed by atoms with Crippen LogP contribution in [0.2, 0.25) is 0 Å². The summed E-state index contributed by atoms with van der Waals surface area (Å²) >= 11 is 0. The molecule has 1 aromatic carbocycles. The molecular formula is C21H27N5O. The molecule has 3 aromatic rings. The van der Waals surface area contributed by atoms with Crippen molar-refractivity contribution in [2.75, 3.05) is 5.32 Å². The number of fused-ring (bicyclic) bond motifs is 2. The molecule has 0 saturated heterocycles. The third-order valence-electron chi connectivity index (χ3n) is 5.38.